The second-order valence-electron chi connectivity index (χ2n) is 9.64. The largest absolute Gasteiger partial charge is 0.463 e. The van der Waals surface area contributed by atoms with Gasteiger partial charge in [0.2, 0.25) is 0 Å². The first-order valence-corrected chi connectivity index (χ1v) is 13.3. The van der Waals surface area contributed by atoms with Crippen molar-refractivity contribution in [3.63, 3.8) is 0 Å². The van der Waals surface area contributed by atoms with E-state index >= 15 is 0 Å². The van der Waals surface area contributed by atoms with Gasteiger partial charge in [-0.25, -0.2) is 0 Å². The second kappa shape index (κ2) is 19.4. The van der Waals surface area contributed by atoms with Crippen molar-refractivity contribution in [1.82, 2.24) is 0 Å². The molecule has 4 atom stereocenters. The van der Waals surface area contributed by atoms with E-state index in [4.69, 9.17) is 14.2 Å². The van der Waals surface area contributed by atoms with Gasteiger partial charge in [0.1, 0.15) is 0 Å². The number of hydrogen-bond donors (Lipinski definition) is 2. The van der Waals surface area contributed by atoms with E-state index in [1.54, 1.807) is 0 Å². The van der Waals surface area contributed by atoms with Crippen LogP contribution in [0.5, 0.6) is 0 Å². The summed E-state index contributed by atoms with van der Waals surface area (Å²) >= 11 is 0. The minimum Gasteiger partial charge on any atom is -0.463 e. The Balaban J connectivity index is 2.21. The Labute approximate surface area is 202 Å². The van der Waals surface area contributed by atoms with Gasteiger partial charge in [0, 0.05) is 26.2 Å². The van der Waals surface area contributed by atoms with Crippen molar-refractivity contribution in [2.75, 3.05) is 33.0 Å². The monoisotopic (exact) mass is 470 g/mol. The number of hydrogen-bond acceptors (Lipinski definition) is 6. The van der Waals surface area contributed by atoms with E-state index in [0.717, 1.165) is 38.7 Å². The first-order chi connectivity index (χ1) is 16.0. The van der Waals surface area contributed by atoms with Crippen molar-refractivity contribution in [3.05, 3.63) is 12.2 Å². The van der Waals surface area contributed by atoms with Gasteiger partial charge >= 0.3 is 5.97 Å². The van der Waals surface area contributed by atoms with E-state index < -0.39 is 0 Å². The highest BCUT2D eigenvalue weighted by Gasteiger charge is 2.40. The van der Waals surface area contributed by atoms with Crippen molar-refractivity contribution >= 4 is 5.97 Å². The molecule has 0 heterocycles. The van der Waals surface area contributed by atoms with Gasteiger partial charge in [0.05, 0.1) is 25.4 Å². The molecule has 1 rings (SSSR count). The molecule has 0 saturated heterocycles. The number of allylic oxidation sites excluding steroid dienone is 2. The van der Waals surface area contributed by atoms with Gasteiger partial charge in [-0.05, 0) is 70.1 Å². The lowest BCUT2D eigenvalue weighted by molar-refractivity contribution is -0.147. The zero-order chi connectivity index (χ0) is 24.3. The Hall–Kier alpha value is -0.950. The van der Waals surface area contributed by atoms with Gasteiger partial charge in [-0.2, -0.15) is 0 Å². The lowest BCUT2D eigenvalue weighted by Crippen LogP contribution is -2.23. The molecular formula is C27H50O6. The standard InChI is InChI=1S/C27H50O6/c1-4-5-6-9-12-16-31-18-19-32-17-15-24-23(21-28)20-26(29)25(24)13-10-7-8-11-14-27(30)33-22(2)3/h7,10,22-26,28-29H,4-6,8-9,11-21H2,1-3H3/b10-7-/t23-,24-,25+,26-/m0/s1. The summed E-state index contributed by atoms with van der Waals surface area (Å²) in [6, 6.07) is 0. The van der Waals surface area contributed by atoms with Crippen LogP contribution in [-0.2, 0) is 19.0 Å². The van der Waals surface area contributed by atoms with Gasteiger partial charge in [-0.15, -0.1) is 0 Å². The normalized spacial score (nSPS) is 23.1. The molecule has 0 aromatic carbocycles. The van der Waals surface area contributed by atoms with Crippen LogP contribution in [0.2, 0.25) is 0 Å². The minimum absolute atomic E-state index is 0.0647. The Bertz CT molecular complexity index is 507. The summed E-state index contributed by atoms with van der Waals surface area (Å²) in [6.07, 6.45) is 14.3. The number of aliphatic hydroxyl groups excluding tert-OH is 2. The van der Waals surface area contributed by atoms with E-state index in [1.807, 2.05) is 13.8 Å². The highest BCUT2D eigenvalue weighted by Crippen LogP contribution is 2.41. The van der Waals surface area contributed by atoms with E-state index in [0.29, 0.717) is 32.7 Å². The zero-order valence-corrected chi connectivity index (χ0v) is 21.4. The van der Waals surface area contributed by atoms with Gasteiger partial charge in [-0.3, -0.25) is 4.79 Å². The number of ether oxygens (including phenoxy) is 3. The maximum atomic E-state index is 11.6. The molecule has 0 aromatic rings. The third kappa shape index (κ3) is 14.1. The Kier molecular flexibility index (Phi) is 17.7. The van der Waals surface area contributed by atoms with Crippen LogP contribution in [0.3, 0.4) is 0 Å². The zero-order valence-electron chi connectivity index (χ0n) is 21.4. The highest BCUT2D eigenvalue weighted by molar-refractivity contribution is 5.69. The van der Waals surface area contributed by atoms with Gasteiger partial charge in [-0.1, -0.05) is 44.8 Å². The van der Waals surface area contributed by atoms with Crippen LogP contribution >= 0.6 is 0 Å². The van der Waals surface area contributed by atoms with Crippen molar-refractivity contribution in [2.45, 2.75) is 104 Å². The molecule has 0 radical (unpaired) electrons. The van der Waals surface area contributed by atoms with E-state index in [1.165, 1.54) is 25.7 Å². The lowest BCUT2D eigenvalue weighted by atomic mass is 9.84. The SMILES string of the molecule is CCCCCCCOCCOCC[C@H]1[C@H](CO)C[C@H](O)[C@@H]1C/C=C\CCCC(=O)OC(C)C. The van der Waals surface area contributed by atoms with Gasteiger partial charge in [0.25, 0.3) is 0 Å². The Morgan fingerprint density at radius 2 is 1.70 bits per heavy atom. The highest BCUT2D eigenvalue weighted by atomic mass is 16.5. The van der Waals surface area contributed by atoms with Crippen LogP contribution in [0.25, 0.3) is 0 Å². The van der Waals surface area contributed by atoms with E-state index in [-0.39, 0.29) is 42.5 Å². The molecule has 1 saturated carbocycles. The number of unbranched alkanes of at least 4 members (excludes halogenated alkanes) is 5. The first kappa shape index (κ1) is 30.1. The smallest absolute Gasteiger partial charge is 0.306 e. The molecule has 2 N–H and O–H groups in total. The average molecular weight is 471 g/mol. The lowest BCUT2D eigenvalue weighted by Gasteiger charge is -2.24. The molecular weight excluding hydrogens is 420 g/mol. The summed E-state index contributed by atoms with van der Waals surface area (Å²) in [5, 5.41) is 20.3. The maximum Gasteiger partial charge on any atom is 0.306 e. The van der Waals surface area contributed by atoms with Crippen LogP contribution < -0.4 is 0 Å². The number of rotatable bonds is 20. The summed E-state index contributed by atoms with van der Waals surface area (Å²) in [7, 11) is 0. The molecule has 0 aromatic heterocycles. The molecule has 0 spiro atoms. The number of carbonyl (C=O) groups excluding carboxylic acids is 1. The van der Waals surface area contributed by atoms with Crippen LogP contribution in [0.4, 0.5) is 0 Å². The number of esters is 1. The quantitative estimate of drug-likeness (QED) is 0.147. The third-order valence-electron chi connectivity index (χ3n) is 6.48. The molecule has 0 amide bonds. The fourth-order valence-electron chi connectivity index (χ4n) is 4.69. The van der Waals surface area contributed by atoms with Crippen LogP contribution in [-0.4, -0.2) is 61.4 Å². The number of carbonyl (C=O) groups is 1. The summed E-state index contributed by atoms with van der Waals surface area (Å²) in [6.45, 7) is 8.71. The molecule has 1 fully saturated rings. The molecule has 0 unspecified atom stereocenters. The topological polar surface area (TPSA) is 85.2 Å². The Morgan fingerprint density at radius 1 is 0.970 bits per heavy atom. The van der Waals surface area contributed by atoms with E-state index in [9.17, 15) is 15.0 Å². The second-order valence-corrected chi connectivity index (χ2v) is 9.64. The van der Waals surface area contributed by atoms with Crippen molar-refractivity contribution in [3.8, 4) is 0 Å². The molecule has 6 heteroatoms. The fourth-order valence-corrected chi connectivity index (χ4v) is 4.69. The van der Waals surface area contributed by atoms with Crippen LogP contribution in [0.15, 0.2) is 12.2 Å². The first-order valence-electron chi connectivity index (χ1n) is 13.3. The molecule has 1 aliphatic rings. The molecule has 33 heavy (non-hydrogen) atoms. The summed E-state index contributed by atoms with van der Waals surface area (Å²) in [5.74, 6) is 0.391. The average Bonchev–Trinajstić information content (AvgIpc) is 3.08. The van der Waals surface area contributed by atoms with Crippen LogP contribution in [0, 0.1) is 17.8 Å². The third-order valence-corrected chi connectivity index (χ3v) is 6.48. The van der Waals surface area contributed by atoms with Crippen molar-refractivity contribution < 1.29 is 29.2 Å². The summed E-state index contributed by atoms with van der Waals surface area (Å²) in [5.41, 5.74) is 0. The summed E-state index contributed by atoms with van der Waals surface area (Å²) in [4.78, 5) is 11.6. The van der Waals surface area contributed by atoms with Crippen molar-refractivity contribution in [2.24, 2.45) is 17.8 Å². The minimum atomic E-state index is -0.381. The summed E-state index contributed by atoms with van der Waals surface area (Å²) < 4.78 is 16.6. The van der Waals surface area contributed by atoms with Gasteiger partial charge in [0.15, 0.2) is 0 Å². The van der Waals surface area contributed by atoms with Crippen LogP contribution in [0.1, 0.15) is 91.4 Å². The molecule has 0 bridgehead atoms. The van der Waals surface area contributed by atoms with Crippen molar-refractivity contribution in [1.29, 1.82) is 0 Å². The predicted octanol–water partition coefficient (Wildman–Crippen LogP) is 5.05. The Morgan fingerprint density at radius 3 is 2.39 bits per heavy atom. The molecule has 6 nitrogen and oxygen atoms in total. The van der Waals surface area contributed by atoms with E-state index in [2.05, 4.69) is 19.1 Å². The molecule has 0 aliphatic heterocycles. The number of aliphatic hydroxyl groups is 2. The predicted molar refractivity (Wildman–Crippen MR) is 132 cm³/mol. The molecule has 1 aliphatic carbocycles. The van der Waals surface area contributed by atoms with Gasteiger partial charge < -0.3 is 24.4 Å². The molecule has 194 valence electrons. The maximum absolute atomic E-state index is 11.6. The fraction of sp³-hybridized carbons (Fsp3) is 0.889.